The van der Waals surface area contributed by atoms with Crippen LogP contribution in [-0.4, -0.2) is 57.0 Å². The Morgan fingerprint density at radius 3 is 2.72 bits per heavy atom. The molecule has 3 heterocycles. The molecule has 0 radical (unpaired) electrons. The van der Waals surface area contributed by atoms with Crippen molar-refractivity contribution in [3.63, 3.8) is 0 Å². The minimum absolute atomic E-state index is 0.0960. The average molecular weight is 602 g/mol. The van der Waals surface area contributed by atoms with Crippen LogP contribution >= 0.6 is 20.7 Å². The van der Waals surface area contributed by atoms with Crippen LogP contribution in [-0.2, 0) is 14.4 Å². The average Bonchev–Trinajstić information content (AvgIpc) is 3.31. The topological polar surface area (TPSA) is 124 Å². The van der Waals surface area contributed by atoms with Crippen molar-refractivity contribution in [2.45, 2.75) is 28.3 Å². The fourth-order valence-electron chi connectivity index (χ4n) is 4.71. The first kappa shape index (κ1) is 26.0. The van der Waals surface area contributed by atoms with Crippen LogP contribution in [0.4, 0.5) is 0 Å². The highest BCUT2D eigenvalue weighted by atomic mass is 127. The molecule has 5 unspecified atom stereocenters. The minimum Gasteiger partial charge on any atom is -0.357 e. The summed E-state index contributed by atoms with van der Waals surface area (Å²) in [6, 6.07) is -0.298. The zero-order valence-corrected chi connectivity index (χ0v) is 22.1. The summed E-state index contributed by atoms with van der Waals surface area (Å²) in [4.78, 5) is 41.2. The first-order chi connectivity index (χ1) is 17.3. The number of rotatable bonds is 9. The molecular weight excluding hydrogens is 571 g/mol. The third-order valence-electron chi connectivity index (χ3n) is 6.83. The van der Waals surface area contributed by atoms with E-state index in [0.29, 0.717) is 23.7 Å². The van der Waals surface area contributed by atoms with Gasteiger partial charge >= 0.3 is 0 Å². The maximum Gasteiger partial charge on any atom is 0.245 e. The van der Waals surface area contributed by atoms with E-state index < -0.39 is 20.7 Å². The Hall–Kier alpha value is -3.12. The molecule has 10 heteroatoms. The molecule has 1 aliphatic carbocycles. The zero-order chi connectivity index (χ0) is 25.9. The summed E-state index contributed by atoms with van der Waals surface area (Å²) in [7, 11) is 0. The molecule has 1 saturated heterocycles. The summed E-state index contributed by atoms with van der Waals surface area (Å²) < 4.78 is 1.85. The van der Waals surface area contributed by atoms with Crippen molar-refractivity contribution in [1.82, 2.24) is 26.6 Å². The van der Waals surface area contributed by atoms with E-state index in [0.717, 1.165) is 25.1 Å². The first-order valence-electron chi connectivity index (χ1n) is 11.7. The second-order valence-electron chi connectivity index (χ2n) is 9.13. The molecule has 1 fully saturated rings. The lowest BCUT2D eigenvalue weighted by molar-refractivity contribution is -0.121. The van der Waals surface area contributed by atoms with Crippen molar-refractivity contribution < 1.29 is 14.4 Å². The lowest BCUT2D eigenvalue weighted by Gasteiger charge is -2.40. The maximum absolute atomic E-state index is 13.2. The number of nitrogens with one attached hydrogen (secondary N) is 5. The summed E-state index contributed by atoms with van der Waals surface area (Å²) in [6.07, 6.45) is 10.4. The summed E-state index contributed by atoms with van der Waals surface area (Å²) in [5, 5.41) is 15.4. The molecule has 3 amide bonds. The molecule has 3 aliphatic heterocycles. The smallest absolute Gasteiger partial charge is 0.245 e. The number of fused-ring (bicyclic) bond motifs is 1. The van der Waals surface area contributed by atoms with Gasteiger partial charge in [-0.1, -0.05) is 31.9 Å². The van der Waals surface area contributed by atoms with Gasteiger partial charge in [0, 0.05) is 35.9 Å². The van der Waals surface area contributed by atoms with Crippen molar-refractivity contribution in [1.29, 1.82) is 0 Å². The molecular formula is C26H31IN6O3. The van der Waals surface area contributed by atoms with Crippen LogP contribution in [0.15, 0.2) is 77.9 Å². The number of hydrogen-bond acceptors (Lipinski definition) is 6. The second kappa shape index (κ2) is 10.9. The Bertz CT molecular complexity index is 1140. The molecule has 0 bridgehead atoms. The second-order valence-corrected chi connectivity index (χ2v) is 11.9. The SMILES string of the molecule is C=CC(=O)NC1C(C(=O)NC(=CC(=C)C(=C)NC2=CC(=O)NCC23CCCN3)N=C)I=CC2C=CC21. The first-order valence-corrected chi connectivity index (χ1v) is 14.2. The van der Waals surface area contributed by atoms with E-state index in [1.807, 2.05) is 6.08 Å². The molecule has 36 heavy (non-hydrogen) atoms. The van der Waals surface area contributed by atoms with Gasteiger partial charge in [0.15, 0.2) is 0 Å². The van der Waals surface area contributed by atoms with Crippen LogP contribution in [0.25, 0.3) is 0 Å². The Morgan fingerprint density at radius 2 is 2.08 bits per heavy atom. The molecule has 4 rings (SSSR count). The maximum atomic E-state index is 13.2. The van der Waals surface area contributed by atoms with E-state index >= 15 is 0 Å². The van der Waals surface area contributed by atoms with Crippen LogP contribution < -0.4 is 26.6 Å². The van der Waals surface area contributed by atoms with Gasteiger partial charge in [0.2, 0.25) is 17.7 Å². The Labute approximate surface area is 220 Å². The van der Waals surface area contributed by atoms with Gasteiger partial charge in [0.25, 0.3) is 0 Å². The number of hydrogen-bond donors (Lipinski definition) is 5. The minimum atomic E-state index is -0.613. The summed E-state index contributed by atoms with van der Waals surface area (Å²) in [5.41, 5.74) is 1.36. The molecule has 0 saturated carbocycles. The number of alkyl halides is 1. The van der Waals surface area contributed by atoms with Crippen molar-refractivity contribution in [2.75, 3.05) is 13.1 Å². The van der Waals surface area contributed by atoms with Crippen LogP contribution in [0.5, 0.6) is 0 Å². The van der Waals surface area contributed by atoms with Crippen LogP contribution in [0.3, 0.4) is 0 Å². The van der Waals surface area contributed by atoms with E-state index in [1.165, 1.54) is 6.08 Å². The van der Waals surface area contributed by atoms with E-state index in [1.54, 1.807) is 12.2 Å². The summed E-state index contributed by atoms with van der Waals surface area (Å²) in [5.74, 6) is -0.0534. The van der Waals surface area contributed by atoms with E-state index in [4.69, 9.17) is 0 Å². The number of carbonyl (C=O) groups is 3. The van der Waals surface area contributed by atoms with Crippen LogP contribution in [0.2, 0.25) is 0 Å². The molecule has 190 valence electrons. The highest BCUT2D eigenvalue weighted by Gasteiger charge is 2.42. The van der Waals surface area contributed by atoms with E-state index in [9.17, 15) is 14.4 Å². The highest BCUT2D eigenvalue weighted by Crippen LogP contribution is 2.38. The van der Waals surface area contributed by atoms with Gasteiger partial charge in [-0.2, -0.15) is 0 Å². The van der Waals surface area contributed by atoms with Crippen molar-refractivity contribution in [3.05, 3.63) is 72.9 Å². The summed E-state index contributed by atoms with van der Waals surface area (Å²) >= 11 is -0.613. The lowest BCUT2D eigenvalue weighted by Crippen LogP contribution is -2.57. The predicted molar refractivity (Wildman–Crippen MR) is 150 cm³/mol. The van der Waals surface area contributed by atoms with Crippen molar-refractivity contribution >= 4 is 49.2 Å². The van der Waals surface area contributed by atoms with Gasteiger partial charge in [-0.15, -0.1) is 20.7 Å². The number of amides is 3. The molecule has 0 aromatic heterocycles. The number of nitrogens with zero attached hydrogens (tertiary/aromatic N) is 1. The third kappa shape index (κ3) is 5.34. The molecule has 0 aromatic carbocycles. The fourth-order valence-corrected chi connectivity index (χ4v) is 7.94. The number of carbonyl (C=O) groups excluding carboxylic acids is 3. The Balaban J connectivity index is 1.44. The Morgan fingerprint density at radius 1 is 1.28 bits per heavy atom. The van der Waals surface area contributed by atoms with Gasteiger partial charge in [-0.05, 0) is 47.8 Å². The highest BCUT2D eigenvalue weighted by molar-refractivity contribution is 14.2. The van der Waals surface area contributed by atoms with Gasteiger partial charge in [0.05, 0.1) is 11.6 Å². The monoisotopic (exact) mass is 602 g/mol. The van der Waals surface area contributed by atoms with E-state index in [2.05, 4.69) is 68.1 Å². The van der Waals surface area contributed by atoms with Crippen LogP contribution in [0.1, 0.15) is 12.8 Å². The van der Waals surface area contributed by atoms with Gasteiger partial charge < -0.3 is 26.6 Å². The number of halogens is 1. The quantitative estimate of drug-likeness (QED) is 0.0675. The normalized spacial score (nSPS) is 30.5. The molecule has 1 spiro atoms. The standard InChI is InChI=1S/C26H31IN6O3/c1-5-21(34)33-24-18-8-7-17(18)13-27-23(24)25(36)32-20(28-4)11-15(2)16(3)31-19-12-22(35)29-14-26(19)9-6-10-30-26/h5,7-8,11-13,17-18,23-24,30-31H,1-4,6,9-10,14H2,(H,29,35)(H,32,36)(H,33,34). The van der Waals surface area contributed by atoms with Gasteiger partial charge in [-0.3, -0.25) is 14.4 Å². The van der Waals surface area contributed by atoms with Gasteiger partial charge in [-0.25, -0.2) is 4.99 Å². The lowest BCUT2D eigenvalue weighted by atomic mass is 9.77. The number of aliphatic imine (C=N–C) groups is 1. The summed E-state index contributed by atoms with van der Waals surface area (Å²) in [6.45, 7) is 16.6. The molecule has 5 atom stereocenters. The zero-order valence-electron chi connectivity index (χ0n) is 20.0. The molecule has 4 aliphatic rings. The Kier molecular flexibility index (Phi) is 7.84. The predicted octanol–water partition coefficient (Wildman–Crippen LogP) is 1.07. The van der Waals surface area contributed by atoms with E-state index in [-0.39, 0.29) is 45.0 Å². The third-order valence-corrected chi connectivity index (χ3v) is 10.2. The number of allylic oxidation sites excluding steroid dienone is 2. The molecule has 9 nitrogen and oxygen atoms in total. The molecule has 5 N–H and O–H groups in total. The fraction of sp³-hybridized carbons (Fsp3) is 0.346. The van der Waals surface area contributed by atoms with Crippen LogP contribution in [0, 0.1) is 11.8 Å². The van der Waals surface area contributed by atoms with Crippen molar-refractivity contribution in [2.24, 2.45) is 16.8 Å². The molecule has 0 aromatic rings. The largest absolute Gasteiger partial charge is 0.357 e. The van der Waals surface area contributed by atoms with Crippen molar-refractivity contribution in [3.8, 4) is 0 Å². The van der Waals surface area contributed by atoms with Gasteiger partial charge in [0.1, 0.15) is 9.75 Å².